The van der Waals surface area contributed by atoms with Gasteiger partial charge in [0.05, 0.1) is 4.90 Å². The number of sulfonamides is 1. The lowest BCUT2D eigenvalue weighted by Crippen LogP contribution is -2.47. The van der Waals surface area contributed by atoms with Crippen molar-refractivity contribution in [3.63, 3.8) is 0 Å². The van der Waals surface area contributed by atoms with Crippen molar-refractivity contribution >= 4 is 31.8 Å². The van der Waals surface area contributed by atoms with E-state index in [9.17, 15) is 16.8 Å². The first-order valence-corrected chi connectivity index (χ1v) is 7.94. The van der Waals surface area contributed by atoms with Crippen LogP contribution in [0.5, 0.6) is 0 Å². The molecule has 0 fully saturated rings. The number of benzene rings is 1. The van der Waals surface area contributed by atoms with Crippen LogP contribution in [0.25, 0.3) is 0 Å². The Morgan fingerprint density at radius 2 is 1.61 bits per heavy atom. The van der Waals surface area contributed by atoms with Gasteiger partial charge in [-0.1, -0.05) is 11.6 Å². The summed E-state index contributed by atoms with van der Waals surface area (Å²) in [4.78, 5) is 1.76. The summed E-state index contributed by atoms with van der Waals surface area (Å²) in [5.41, 5.74) is 0. The lowest BCUT2D eigenvalue weighted by Gasteiger charge is -2.17. The Morgan fingerprint density at radius 1 is 1.11 bits per heavy atom. The normalized spacial score (nSPS) is 12.9. The third-order valence-corrected chi connectivity index (χ3v) is 5.09. The molecule has 1 aromatic carbocycles. The summed E-state index contributed by atoms with van der Waals surface area (Å²) in [6, 6.07) is 5.35. The number of rotatable bonds is 5. The van der Waals surface area contributed by atoms with Gasteiger partial charge in [-0.3, -0.25) is 0 Å². The minimum Gasteiger partial charge on any atom is -0.206 e. The third-order valence-electron chi connectivity index (χ3n) is 1.99. The van der Waals surface area contributed by atoms with Gasteiger partial charge in [0.25, 0.3) is 20.2 Å². The number of halogens is 1. The van der Waals surface area contributed by atoms with E-state index in [-0.39, 0.29) is 4.90 Å². The van der Waals surface area contributed by atoms with Crippen LogP contribution in [-0.4, -0.2) is 35.3 Å². The second kappa shape index (κ2) is 5.51. The molecule has 0 saturated heterocycles. The van der Waals surface area contributed by atoms with Crippen molar-refractivity contribution in [3.05, 3.63) is 29.3 Å². The fourth-order valence-electron chi connectivity index (χ4n) is 1.03. The molecule has 1 aromatic rings. The van der Waals surface area contributed by atoms with Crippen LogP contribution in [0, 0.1) is 0 Å². The maximum Gasteiger partial charge on any atom is 0.290 e. The van der Waals surface area contributed by atoms with Gasteiger partial charge in [0.15, 0.2) is 0 Å². The lowest BCUT2D eigenvalue weighted by molar-refractivity contribution is 0.429. The molecular weight excluding hydrogens is 302 g/mol. The molecule has 2 N–H and O–H groups in total. The summed E-state index contributed by atoms with van der Waals surface area (Å²) in [5.74, 6) is 0. The van der Waals surface area contributed by atoms with Gasteiger partial charge in [-0.05, 0) is 24.3 Å². The zero-order valence-electron chi connectivity index (χ0n) is 9.58. The first-order chi connectivity index (χ1) is 8.19. The van der Waals surface area contributed by atoms with E-state index in [0.29, 0.717) is 9.44 Å². The maximum atomic E-state index is 12.0. The van der Waals surface area contributed by atoms with Crippen molar-refractivity contribution < 1.29 is 16.8 Å². The Balaban J connectivity index is 3.04. The Labute approximate surface area is 111 Å². The minimum absolute atomic E-state index is 0.0757. The molecule has 0 unspecified atom stereocenters. The monoisotopic (exact) mass is 313 g/mol. The van der Waals surface area contributed by atoms with Crippen molar-refractivity contribution in [2.24, 2.45) is 0 Å². The molecule has 0 amide bonds. The molecule has 0 spiro atoms. The van der Waals surface area contributed by atoms with Crippen LogP contribution in [-0.2, 0) is 20.2 Å². The molecule has 0 aliphatic rings. The molecule has 0 bridgehead atoms. The van der Waals surface area contributed by atoms with Crippen molar-refractivity contribution in [1.29, 1.82) is 0 Å². The third kappa shape index (κ3) is 3.64. The average molecular weight is 314 g/mol. The fourth-order valence-corrected chi connectivity index (χ4v) is 3.07. The van der Waals surface area contributed by atoms with Crippen molar-refractivity contribution in [2.75, 3.05) is 14.1 Å². The number of nitrogens with one attached hydrogen (secondary N) is 2. The van der Waals surface area contributed by atoms with Gasteiger partial charge < -0.3 is 0 Å². The number of hydrogen-bond acceptors (Lipinski definition) is 4. The van der Waals surface area contributed by atoms with Crippen LogP contribution >= 0.6 is 11.6 Å². The van der Waals surface area contributed by atoms with Crippen LogP contribution in [0.2, 0.25) is 5.02 Å². The van der Waals surface area contributed by atoms with E-state index in [0.717, 1.165) is 14.1 Å². The fraction of sp³-hybridized carbons (Fsp3) is 0.250. The Bertz CT molecular complexity index is 612. The van der Waals surface area contributed by atoms with Gasteiger partial charge >= 0.3 is 0 Å². The standard InChI is InChI=1S/C8H12ClN3O4S2/c1-10-18(15,16)11-12(2)17(13,14)8-5-3-7(9)4-6-8/h3-6,10-11H,1-2H3. The van der Waals surface area contributed by atoms with Gasteiger partial charge in [0.2, 0.25) is 0 Å². The minimum atomic E-state index is -3.95. The molecule has 0 aliphatic heterocycles. The summed E-state index contributed by atoms with van der Waals surface area (Å²) in [5, 5.41) is 0.382. The lowest BCUT2D eigenvalue weighted by atomic mass is 10.4. The molecule has 7 nitrogen and oxygen atoms in total. The van der Waals surface area contributed by atoms with Gasteiger partial charge in [-0.2, -0.15) is 8.42 Å². The van der Waals surface area contributed by atoms with Crippen LogP contribution in [0.15, 0.2) is 29.2 Å². The van der Waals surface area contributed by atoms with Gasteiger partial charge in [0.1, 0.15) is 0 Å². The zero-order valence-corrected chi connectivity index (χ0v) is 12.0. The Kier molecular flexibility index (Phi) is 4.70. The second-order valence-corrected chi connectivity index (χ2v) is 7.23. The predicted octanol–water partition coefficient (Wildman–Crippen LogP) is -0.0707. The highest BCUT2D eigenvalue weighted by atomic mass is 35.5. The van der Waals surface area contributed by atoms with Crippen LogP contribution in [0.3, 0.4) is 0 Å². The molecule has 0 radical (unpaired) electrons. The summed E-state index contributed by atoms with van der Waals surface area (Å²) in [6.07, 6.45) is 0. The summed E-state index contributed by atoms with van der Waals surface area (Å²) in [6.45, 7) is 0. The highest BCUT2D eigenvalue weighted by molar-refractivity contribution is 7.91. The van der Waals surface area contributed by atoms with E-state index in [1.54, 1.807) is 0 Å². The van der Waals surface area contributed by atoms with Crippen molar-refractivity contribution in [1.82, 2.24) is 14.0 Å². The molecule has 0 aliphatic carbocycles. The molecular formula is C8H12ClN3O4S2. The highest BCUT2D eigenvalue weighted by Crippen LogP contribution is 2.16. The second-order valence-electron chi connectivity index (χ2n) is 3.23. The molecule has 102 valence electrons. The predicted molar refractivity (Wildman–Crippen MR) is 67.5 cm³/mol. The quantitative estimate of drug-likeness (QED) is 0.744. The van der Waals surface area contributed by atoms with Crippen molar-refractivity contribution in [2.45, 2.75) is 4.90 Å². The van der Waals surface area contributed by atoms with Crippen LogP contribution in [0.4, 0.5) is 0 Å². The van der Waals surface area contributed by atoms with E-state index in [4.69, 9.17) is 11.6 Å². The Morgan fingerprint density at radius 3 is 2.06 bits per heavy atom. The first kappa shape index (κ1) is 15.3. The smallest absolute Gasteiger partial charge is 0.206 e. The summed E-state index contributed by atoms with van der Waals surface area (Å²) in [7, 11) is -5.61. The van der Waals surface area contributed by atoms with E-state index < -0.39 is 20.2 Å². The van der Waals surface area contributed by atoms with E-state index in [1.165, 1.54) is 24.3 Å². The number of hydrazine groups is 1. The van der Waals surface area contributed by atoms with E-state index in [1.807, 2.05) is 9.55 Å². The molecule has 0 aromatic heterocycles. The van der Waals surface area contributed by atoms with Crippen LogP contribution in [0.1, 0.15) is 0 Å². The highest BCUT2D eigenvalue weighted by Gasteiger charge is 2.24. The van der Waals surface area contributed by atoms with Crippen molar-refractivity contribution in [3.8, 4) is 0 Å². The van der Waals surface area contributed by atoms with Gasteiger partial charge in [0, 0.05) is 19.1 Å². The Hall–Kier alpha value is -0.710. The molecule has 10 heteroatoms. The van der Waals surface area contributed by atoms with E-state index in [2.05, 4.69) is 0 Å². The number of nitrogens with zero attached hydrogens (tertiary/aromatic N) is 1. The molecule has 0 saturated carbocycles. The zero-order chi connectivity index (χ0) is 14.0. The molecule has 0 heterocycles. The topological polar surface area (TPSA) is 95.6 Å². The van der Waals surface area contributed by atoms with Crippen LogP contribution < -0.4 is 9.55 Å². The number of hydrogen-bond donors (Lipinski definition) is 2. The SMILES string of the molecule is CNS(=O)(=O)NN(C)S(=O)(=O)c1ccc(Cl)cc1. The summed E-state index contributed by atoms with van der Waals surface area (Å²) < 4.78 is 48.8. The van der Waals surface area contributed by atoms with Gasteiger partial charge in [-0.15, -0.1) is 9.25 Å². The summed E-state index contributed by atoms with van der Waals surface area (Å²) >= 11 is 5.64. The average Bonchev–Trinajstić information content (AvgIpc) is 2.29. The maximum absolute atomic E-state index is 12.0. The molecule has 18 heavy (non-hydrogen) atoms. The van der Waals surface area contributed by atoms with E-state index >= 15 is 0 Å². The molecule has 1 rings (SSSR count). The first-order valence-electron chi connectivity index (χ1n) is 4.64. The van der Waals surface area contributed by atoms with Gasteiger partial charge in [-0.25, -0.2) is 13.1 Å². The largest absolute Gasteiger partial charge is 0.290 e. The molecule has 0 atom stereocenters.